The second-order valence-corrected chi connectivity index (χ2v) is 18.1. The van der Waals surface area contributed by atoms with E-state index in [0.717, 1.165) is 55.6 Å². The number of carboxylic acid groups (broad SMARTS) is 1. The van der Waals surface area contributed by atoms with Gasteiger partial charge in [-0.1, -0.05) is 114 Å². The first-order valence-corrected chi connectivity index (χ1v) is 22.0. The number of hydrogen-bond acceptors (Lipinski definition) is 8. The number of fused-ring (bicyclic) bond motifs is 7. The Morgan fingerprint density at radius 3 is 2.38 bits per heavy atom. The van der Waals surface area contributed by atoms with E-state index in [0.29, 0.717) is 25.8 Å². The van der Waals surface area contributed by atoms with Gasteiger partial charge in [-0.3, -0.25) is 4.79 Å². The van der Waals surface area contributed by atoms with Gasteiger partial charge in [-0.15, -0.1) is 0 Å². The summed E-state index contributed by atoms with van der Waals surface area (Å²) in [5, 5.41) is 53.7. The molecule has 2 bridgehead atoms. The molecule has 7 nitrogen and oxygen atoms in total. The van der Waals surface area contributed by atoms with Gasteiger partial charge in [0.2, 0.25) is 0 Å². The van der Waals surface area contributed by atoms with Crippen molar-refractivity contribution in [3.8, 4) is 0 Å². The number of carboxylic acids is 1. The van der Waals surface area contributed by atoms with Crippen molar-refractivity contribution < 1.29 is 30.3 Å². The molecule has 2 aliphatic carbocycles. The summed E-state index contributed by atoms with van der Waals surface area (Å²) in [4.78, 5) is 12.9. The fourth-order valence-electron chi connectivity index (χ4n) is 9.44. The Labute approximate surface area is 319 Å². The number of hydrogen-bond donors (Lipinski definition) is 6. The lowest BCUT2D eigenvalue weighted by atomic mass is 9.60. The van der Waals surface area contributed by atoms with E-state index in [1.54, 1.807) is 13.0 Å². The molecule has 7 N–H and O–H groups in total. The van der Waals surface area contributed by atoms with Gasteiger partial charge in [-0.2, -0.15) is 0 Å². The minimum absolute atomic E-state index is 0.0138. The molecule has 0 spiro atoms. The summed E-state index contributed by atoms with van der Waals surface area (Å²) in [6, 6.07) is 16.7. The van der Waals surface area contributed by atoms with E-state index in [4.69, 9.17) is 5.73 Å². The van der Waals surface area contributed by atoms with Crippen LogP contribution in [0.15, 0.2) is 72.8 Å². The second kappa shape index (κ2) is 20.5. The van der Waals surface area contributed by atoms with Crippen LogP contribution in [0.4, 0.5) is 0 Å². The van der Waals surface area contributed by atoms with E-state index in [1.807, 2.05) is 33.7 Å². The molecule has 2 aromatic rings. The monoisotopic (exact) mass is 751 g/mol. The summed E-state index contributed by atoms with van der Waals surface area (Å²) in [6.45, 7) is 2.03. The zero-order valence-corrected chi connectivity index (χ0v) is 32.3. The van der Waals surface area contributed by atoms with Crippen LogP contribution in [0.1, 0.15) is 80.5 Å². The maximum atomic E-state index is 12.9. The molecule has 6 rings (SSSR count). The number of rotatable bonds is 13. The number of allylic oxidation sites excluding steroid dienone is 3. The summed E-state index contributed by atoms with van der Waals surface area (Å²) in [6.07, 6.45) is 14.7. The van der Waals surface area contributed by atoms with Crippen molar-refractivity contribution in [3.63, 3.8) is 0 Å². The Kier molecular flexibility index (Phi) is 16.2. The van der Waals surface area contributed by atoms with Crippen molar-refractivity contribution in [2.24, 2.45) is 53.1 Å². The Morgan fingerprint density at radius 2 is 1.67 bits per heavy atom. The fourth-order valence-corrected chi connectivity index (χ4v) is 12.0. The Hall–Kier alpha value is -2.11. The highest BCUT2D eigenvalue weighted by Crippen LogP contribution is 2.48. The van der Waals surface area contributed by atoms with Crippen LogP contribution in [0, 0.1) is 47.3 Å². The molecule has 0 saturated heterocycles. The third-order valence-electron chi connectivity index (χ3n) is 12.2. The summed E-state index contributed by atoms with van der Waals surface area (Å²) in [5.74, 6) is 0.0610. The van der Waals surface area contributed by atoms with Crippen LogP contribution >= 0.6 is 21.6 Å². The first-order chi connectivity index (χ1) is 25.2. The summed E-state index contributed by atoms with van der Waals surface area (Å²) < 4.78 is 0. The third kappa shape index (κ3) is 11.0. The lowest BCUT2D eigenvalue weighted by Gasteiger charge is -2.45. The van der Waals surface area contributed by atoms with Crippen molar-refractivity contribution >= 4 is 27.6 Å². The van der Waals surface area contributed by atoms with Gasteiger partial charge in [0, 0.05) is 11.5 Å². The molecule has 4 aliphatic rings. The lowest BCUT2D eigenvalue weighted by molar-refractivity contribution is -0.151. The maximum absolute atomic E-state index is 12.9. The van der Waals surface area contributed by atoms with Gasteiger partial charge in [0.15, 0.2) is 0 Å². The first-order valence-electron chi connectivity index (χ1n) is 19.5. The zero-order valence-electron chi connectivity index (χ0n) is 30.7. The number of carbonyl (C=O) groups is 1. The van der Waals surface area contributed by atoms with Crippen LogP contribution in [0.3, 0.4) is 0 Å². The van der Waals surface area contributed by atoms with Gasteiger partial charge in [0.05, 0.1) is 30.8 Å². The molecule has 9 heteroatoms. The highest BCUT2D eigenvalue weighted by molar-refractivity contribution is 8.76. The lowest BCUT2D eigenvalue weighted by Crippen LogP contribution is -2.46. The Balaban J connectivity index is 1.53. The molecule has 2 heterocycles. The molecule has 0 radical (unpaired) electrons. The summed E-state index contributed by atoms with van der Waals surface area (Å²) in [5.41, 5.74) is 10.9. The maximum Gasteiger partial charge on any atom is 0.309 e. The van der Waals surface area contributed by atoms with E-state index in [9.17, 15) is 30.3 Å². The summed E-state index contributed by atoms with van der Waals surface area (Å²) in [7, 11) is 3.75. The average molecular weight is 752 g/mol. The van der Waals surface area contributed by atoms with E-state index in [2.05, 4.69) is 54.6 Å². The number of nitrogens with two attached hydrogens (primary N) is 1. The molecule has 0 unspecified atom stereocenters. The topological polar surface area (TPSA) is 144 Å². The normalized spacial score (nSPS) is 28.5. The van der Waals surface area contributed by atoms with Gasteiger partial charge in [-0.25, -0.2) is 0 Å². The largest absolute Gasteiger partial charge is 0.481 e. The molecule has 2 aromatic carbocycles. The highest BCUT2D eigenvalue weighted by Gasteiger charge is 2.46. The van der Waals surface area contributed by atoms with E-state index in [-0.39, 0.29) is 48.0 Å². The van der Waals surface area contributed by atoms with Crippen LogP contribution in [0.2, 0.25) is 0 Å². The van der Waals surface area contributed by atoms with Crippen LogP contribution < -0.4 is 5.73 Å². The standard InChI is InChI=1S/C43H61NO6S2/c1-28(46)40(43(49)50)41-35-18-17-34(38(41)19-20-44)23-33(15-8-16-39(47)42(48)31-11-3-2-4-12-31)37(22-29-9-7-10-30(21-29)25-45)27-52-51-26-36-14-6-5-13-32(36)24-35/h5-10,13-14,16-18,21,28,31,33-35,37-42,45-48H,2-4,11-12,15,19-20,22-27,44H2,1H3,(H,49,50)/t28-,33+,34-,35+,37-,38-,39-,40-,41+,42+/m0/s1. The SMILES string of the molecule is C[C@H](O)[C@H](C(=O)O)[C@H]1[C@@H](CCN)[C@H]2C=C[C@@H]1Cc1ccccc1CSSC[C@H](Cc1cccc(CO)c1)[C@H](CC=C[C@H](O)[C@H](O)C1CCCCC1)C2. The molecule has 286 valence electrons. The molecule has 10 atom stereocenters. The average Bonchev–Trinajstić information content (AvgIpc) is 3.14. The number of aliphatic hydroxyl groups is 4. The third-order valence-corrected chi connectivity index (χ3v) is 14.6. The predicted octanol–water partition coefficient (Wildman–Crippen LogP) is 7.20. The smallest absolute Gasteiger partial charge is 0.309 e. The highest BCUT2D eigenvalue weighted by atomic mass is 33.1. The van der Waals surface area contributed by atoms with Crippen molar-refractivity contribution in [1.29, 1.82) is 0 Å². The molecule has 52 heavy (non-hydrogen) atoms. The minimum Gasteiger partial charge on any atom is -0.481 e. The van der Waals surface area contributed by atoms with Crippen molar-refractivity contribution in [1.82, 2.24) is 0 Å². The van der Waals surface area contributed by atoms with E-state index >= 15 is 0 Å². The molecule has 1 fully saturated rings. The fraction of sp³-hybridized carbons (Fsp3) is 0.605. The number of benzene rings is 2. The predicted molar refractivity (Wildman–Crippen MR) is 213 cm³/mol. The molecule has 0 amide bonds. The Bertz CT molecular complexity index is 1460. The van der Waals surface area contributed by atoms with E-state index < -0.39 is 30.2 Å². The first kappa shape index (κ1) is 41.1. The van der Waals surface area contributed by atoms with Gasteiger partial charge in [0.25, 0.3) is 0 Å². The van der Waals surface area contributed by atoms with Crippen molar-refractivity contribution in [3.05, 3.63) is 95.1 Å². The Morgan fingerprint density at radius 1 is 0.942 bits per heavy atom. The van der Waals surface area contributed by atoms with Gasteiger partial charge in [-0.05, 0) is 122 Å². The quantitative estimate of drug-likeness (QED) is 0.0926. The van der Waals surface area contributed by atoms with Crippen LogP contribution in [0.25, 0.3) is 0 Å². The zero-order chi connectivity index (χ0) is 37.0. The number of aliphatic carboxylic acids is 1. The van der Waals surface area contributed by atoms with Gasteiger partial charge in [0.1, 0.15) is 0 Å². The van der Waals surface area contributed by atoms with Crippen LogP contribution in [0.5, 0.6) is 0 Å². The second-order valence-electron chi connectivity index (χ2n) is 15.6. The van der Waals surface area contributed by atoms with Crippen molar-refractivity contribution in [2.75, 3.05) is 12.3 Å². The van der Waals surface area contributed by atoms with Crippen LogP contribution in [-0.4, -0.2) is 62.1 Å². The molecule has 2 aliphatic heterocycles. The van der Waals surface area contributed by atoms with Gasteiger partial charge < -0.3 is 31.3 Å². The molecular weight excluding hydrogens is 691 g/mol. The molecular formula is C43H61NO6S2. The van der Waals surface area contributed by atoms with Gasteiger partial charge >= 0.3 is 5.97 Å². The minimum atomic E-state index is -1.01. The van der Waals surface area contributed by atoms with Crippen molar-refractivity contribution in [2.45, 2.75) is 102 Å². The molecule has 0 aromatic heterocycles. The summed E-state index contributed by atoms with van der Waals surface area (Å²) >= 11 is 0. The molecule has 1 saturated carbocycles. The number of aliphatic hydroxyl groups excluding tert-OH is 4. The van der Waals surface area contributed by atoms with Crippen LogP contribution in [-0.2, 0) is 30.0 Å². The van der Waals surface area contributed by atoms with E-state index in [1.165, 1.54) is 23.1 Å².